The Balaban J connectivity index is 1.71. The van der Waals surface area contributed by atoms with Gasteiger partial charge in [0.2, 0.25) is 5.91 Å². The highest BCUT2D eigenvalue weighted by Crippen LogP contribution is 2.40. The van der Waals surface area contributed by atoms with Gasteiger partial charge in [0.05, 0.1) is 12.0 Å². The Morgan fingerprint density at radius 3 is 2.42 bits per heavy atom. The van der Waals surface area contributed by atoms with Crippen molar-refractivity contribution in [2.24, 2.45) is 0 Å². The minimum Gasteiger partial charge on any atom is -0.444 e. The lowest BCUT2D eigenvalue weighted by atomic mass is 9.79. The molecule has 24 heavy (non-hydrogen) atoms. The van der Waals surface area contributed by atoms with Gasteiger partial charge in [-0.1, -0.05) is 19.3 Å². The molecule has 2 aliphatic heterocycles. The van der Waals surface area contributed by atoms with Crippen molar-refractivity contribution in [3.63, 3.8) is 0 Å². The molecule has 1 aliphatic carbocycles. The van der Waals surface area contributed by atoms with E-state index in [0.717, 1.165) is 32.1 Å². The smallest absolute Gasteiger partial charge is 0.410 e. The zero-order valence-electron chi connectivity index (χ0n) is 14.8. The van der Waals surface area contributed by atoms with E-state index in [0.29, 0.717) is 19.4 Å². The number of likely N-dealkylation sites (tertiary alicyclic amines) is 1. The molecule has 0 aromatic rings. The molecule has 0 unspecified atom stereocenters. The number of hydrazine groups is 1. The number of hydrogen-bond donors (Lipinski definition) is 1. The Kier molecular flexibility index (Phi) is 4.21. The quantitative estimate of drug-likeness (QED) is 0.793. The summed E-state index contributed by atoms with van der Waals surface area (Å²) in [6, 6.07) is -0.531. The summed E-state index contributed by atoms with van der Waals surface area (Å²) in [6.45, 7) is 5.93. The lowest BCUT2D eigenvalue weighted by molar-refractivity contribution is -0.151. The van der Waals surface area contributed by atoms with Gasteiger partial charge in [-0.05, 0) is 40.0 Å². The summed E-state index contributed by atoms with van der Waals surface area (Å²) in [4.78, 5) is 38.7. The number of rotatable bonds is 1. The molecule has 1 N–H and O–H groups in total. The normalized spacial score (nSPS) is 26.1. The lowest BCUT2D eigenvalue weighted by Gasteiger charge is -2.46. The molecule has 0 aromatic heterocycles. The van der Waals surface area contributed by atoms with Crippen LogP contribution in [0.1, 0.15) is 65.7 Å². The number of ether oxygens (including phenoxy) is 1. The molecule has 1 atom stereocenters. The van der Waals surface area contributed by atoms with Crippen LogP contribution in [0.15, 0.2) is 0 Å². The Morgan fingerprint density at radius 1 is 1.21 bits per heavy atom. The van der Waals surface area contributed by atoms with E-state index in [9.17, 15) is 14.4 Å². The number of nitrogens with zero attached hydrogens (tertiary/aromatic N) is 2. The van der Waals surface area contributed by atoms with Crippen LogP contribution in [0.4, 0.5) is 4.79 Å². The van der Waals surface area contributed by atoms with Crippen molar-refractivity contribution in [2.75, 3.05) is 6.54 Å². The molecule has 0 radical (unpaired) electrons. The average Bonchev–Trinajstić information content (AvgIpc) is 2.72. The van der Waals surface area contributed by atoms with Gasteiger partial charge in [-0.2, -0.15) is 0 Å². The molecule has 7 heteroatoms. The van der Waals surface area contributed by atoms with Gasteiger partial charge in [-0.15, -0.1) is 0 Å². The second kappa shape index (κ2) is 5.93. The van der Waals surface area contributed by atoms with E-state index in [4.69, 9.17) is 4.74 Å². The molecular formula is C17H27N3O4. The maximum absolute atomic E-state index is 13.0. The summed E-state index contributed by atoms with van der Waals surface area (Å²) in [5.41, 5.74) is 1.75. The monoisotopic (exact) mass is 337 g/mol. The first-order valence-corrected chi connectivity index (χ1v) is 8.85. The molecule has 3 amide bonds. The second-order valence-electron chi connectivity index (χ2n) is 8.15. The van der Waals surface area contributed by atoms with E-state index in [1.54, 1.807) is 20.8 Å². The van der Waals surface area contributed by atoms with Gasteiger partial charge in [0.25, 0.3) is 5.91 Å². The first-order valence-electron chi connectivity index (χ1n) is 8.85. The summed E-state index contributed by atoms with van der Waals surface area (Å²) in [6.07, 6.45) is 5.41. The van der Waals surface area contributed by atoms with E-state index in [2.05, 4.69) is 5.43 Å². The molecule has 2 saturated heterocycles. The van der Waals surface area contributed by atoms with Crippen LogP contribution in [0.25, 0.3) is 0 Å². The van der Waals surface area contributed by atoms with Crippen LogP contribution >= 0.6 is 0 Å². The maximum atomic E-state index is 13.0. The van der Waals surface area contributed by atoms with E-state index in [1.807, 2.05) is 0 Å². The zero-order valence-corrected chi connectivity index (χ0v) is 14.8. The standard InChI is InChI=1S/C17H27N3O4/c1-16(2,3)24-15(23)19-10-7-12(19)14(22)20-17(11-13(21)18-20)8-5-4-6-9-17/h12H,4-11H2,1-3H3,(H,18,21)/t12-/m1/s1. The van der Waals surface area contributed by atoms with Gasteiger partial charge >= 0.3 is 6.09 Å². The molecule has 0 bridgehead atoms. The molecule has 3 aliphatic rings. The first-order chi connectivity index (χ1) is 11.2. The van der Waals surface area contributed by atoms with Crippen LogP contribution in [0.5, 0.6) is 0 Å². The van der Waals surface area contributed by atoms with Crippen molar-refractivity contribution in [3.05, 3.63) is 0 Å². The van der Waals surface area contributed by atoms with Gasteiger partial charge in [-0.25, -0.2) is 9.80 Å². The third kappa shape index (κ3) is 3.08. The van der Waals surface area contributed by atoms with Gasteiger partial charge in [0.1, 0.15) is 11.6 Å². The molecule has 1 spiro atoms. The van der Waals surface area contributed by atoms with Crippen LogP contribution < -0.4 is 5.43 Å². The maximum Gasteiger partial charge on any atom is 0.410 e. The Hall–Kier alpha value is -1.79. The fourth-order valence-corrected chi connectivity index (χ4v) is 3.89. The Bertz CT molecular complexity index is 549. The van der Waals surface area contributed by atoms with Crippen molar-refractivity contribution < 1.29 is 19.1 Å². The number of amides is 3. The summed E-state index contributed by atoms with van der Waals surface area (Å²) >= 11 is 0. The van der Waals surface area contributed by atoms with Crippen LogP contribution in [0.2, 0.25) is 0 Å². The fraction of sp³-hybridized carbons (Fsp3) is 0.824. The van der Waals surface area contributed by atoms with Crippen LogP contribution in [0, 0.1) is 0 Å². The fourth-order valence-electron chi connectivity index (χ4n) is 3.89. The largest absolute Gasteiger partial charge is 0.444 e. The minimum absolute atomic E-state index is 0.103. The SMILES string of the molecule is CC(C)(C)OC(=O)N1CC[C@@H]1C(=O)N1NC(=O)CC12CCCCC2. The van der Waals surface area contributed by atoms with Crippen LogP contribution in [-0.4, -0.2) is 51.5 Å². The molecule has 2 heterocycles. The highest BCUT2D eigenvalue weighted by Gasteiger charge is 2.52. The summed E-state index contributed by atoms with van der Waals surface area (Å²) in [5, 5.41) is 1.54. The third-order valence-corrected chi connectivity index (χ3v) is 5.14. The molecule has 0 aromatic carbocycles. The summed E-state index contributed by atoms with van der Waals surface area (Å²) in [5.74, 6) is -0.284. The molecule has 7 nitrogen and oxygen atoms in total. The van der Waals surface area contributed by atoms with Crippen molar-refractivity contribution in [1.29, 1.82) is 0 Å². The van der Waals surface area contributed by atoms with Crippen molar-refractivity contribution in [1.82, 2.24) is 15.3 Å². The molecule has 134 valence electrons. The highest BCUT2D eigenvalue weighted by molar-refractivity contribution is 5.92. The minimum atomic E-state index is -0.591. The number of carbonyl (C=O) groups excluding carboxylic acids is 3. The summed E-state index contributed by atoms with van der Waals surface area (Å²) < 4.78 is 5.37. The van der Waals surface area contributed by atoms with Crippen molar-refractivity contribution >= 4 is 17.9 Å². The number of nitrogens with one attached hydrogen (secondary N) is 1. The third-order valence-electron chi connectivity index (χ3n) is 5.14. The average molecular weight is 337 g/mol. The van der Waals surface area contributed by atoms with E-state index in [-0.39, 0.29) is 11.8 Å². The van der Waals surface area contributed by atoms with Crippen LogP contribution in [0.3, 0.4) is 0 Å². The van der Waals surface area contributed by atoms with E-state index in [1.165, 1.54) is 9.91 Å². The highest BCUT2D eigenvalue weighted by atomic mass is 16.6. The predicted octanol–water partition coefficient (Wildman–Crippen LogP) is 1.96. The molecule has 3 rings (SSSR count). The van der Waals surface area contributed by atoms with Gasteiger partial charge in [0.15, 0.2) is 0 Å². The molecule has 1 saturated carbocycles. The molecular weight excluding hydrogens is 310 g/mol. The Morgan fingerprint density at radius 2 is 1.88 bits per heavy atom. The van der Waals surface area contributed by atoms with Gasteiger partial charge < -0.3 is 4.74 Å². The second-order valence-corrected chi connectivity index (χ2v) is 8.15. The molecule has 3 fully saturated rings. The van der Waals surface area contributed by atoms with Crippen molar-refractivity contribution in [3.8, 4) is 0 Å². The van der Waals surface area contributed by atoms with Gasteiger partial charge in [-0.3, -0.25) is 19.9 Å². The van der Waals surface area contributed by atoms with Crippen molar-refractivity contribution in [2.45, 2.75) is 82.9 Å². The number of hydrogen-bond acceptors (Lipinski definition) is 4. The topological polar surface area (TPSA) is 79.0 Å². The lowest BCUT2D eigenvalue weighted by Crippen LogP contribution is -2.64. The number of carbonyl (C=O) groups is 3. The predicted molar refractivity (Wildman–Crippen MR) is 86.8 cm³/mol. The van der Waals surface area contributed by atoms with Crippen LogP contribution in [-0.2, 0) is 14.3 Å². The van der Waals surface area contributed by atoms with Gasteiger partial charge in [0, 0.05) is 6.54 Å². The summed E-state index contributed by atoms with van der Waals surface area (Å²) in [7, 11) is 0. The van der Waals surface area contributed by atoms with E-state index >= 15 is 0 Å². The zero-order chi connectivity index (χ0) is 17.5. The first kappa shape index (κ1) is 17.0. The Labute approximate surface area is 142 Å². The van der Waals surface area contributed by atoms with E-state index < -0.39 is 23.3 Å².